The molecule has 3 rings (SSSR count). The van der Waals surface area contributed by atoms with Crippen LogP contribution in [0.2, 0.25) is 0 Å². The van der Waals surface area contributed by atoms with Crippen molar-refractivity contribution in [1.82, 2.24) is 19.9 Å². The molecular weight excluding hydrogens is 312 g/mol. The van der Waals surface area contributed by atoms with Gasteiger partial charge in [0.2, 0.25) is 5.91 Å². The molecule has 23 heavy (non-hydrogen) atoms. The van der Waals surface area contributed by atoms with Gasteiger partial charge in [0.15, 0.2) is 0 Å². The maximum Gasteiger partial charge on any atom is 0.247 e. The smallest absolute Gasteiger partial charge is 0.247 e. The van der Waals surface area contributed by atoms with E-state index in [1.165, 1.54) is 0 Å². The zero-order chi connectivity index (χ0) is 16.2. The molecule has 0 aromatic carbocycles. The lowest BCUT2D eigenvalue weighted by atomic mass is 10.0. The van der Waals surface area contributed by atoms with Crippen LogP contribution in [-0.4, -0.2) is 46.1 Å². The Morgan fingerprint density at radius 3 is 3.13 bits per heavy atom. The molecule has 1 amide bonds. The molecule has 2 aromatic heterocycles. The second kappa shape index (κ2) is 7.06. The molecule has 0 unspecified atom stereocenters. The number of carbonyl (C=O) groups is 1. The summed E-state index contributed by atoms with van der Waals surface area (Å²) >= 11 is 1.61. The molecule has 7 heteroatoms. The van der Waals surface area contributed by atoms with Crippen molar-refractivity contribution >= 4 is 23.3 Å². The van der Waals surface area contributed by atoms with Gasteiger partial charge in [-0.25, -0.2) is 4.68 Å². The fraction of sp³-hybridized carbons (Fsp3) is 0.438. The summed E-state index contributed by atoms with van der Waals surface area (Å²) in [6.45, 7) is 3.91. The summed E-state index contributed by atoms with van der Waals surface area (Å²) in [5.74, 6) is -0.0165. The summed E-state index contributed by atoms with van der Waals surface area (Å²) in [5.41, 5.74) is 1.97. The summed E-state index contributed by atoms with van der Waals surface area (Å²) in [7, 11) is 1.64. The van der Waals surface area contributed by atoms with Crippen LogP contribution in [0.3, 0.4) is 0 Å². The molecule has 0 saturated carbocycles. The van der Waals surface area contributed by atoms with Crippen molar-refractivity contribution in [2.45, 2.75) is 25.9 Å². The van der Waals surface area contributed by atoms with Gasteiger partial charge in [-0.2, -0.15) is 0 Å². The Morgan fingerprint density at radius 1 is 1.57 bits per heavy atom. The SMILES string of the molecule is CCn1nnc2c1CCN(C(=O)/C=C/c1cccs1)[C@H]2COC. The summed E-state index contributed by atoms with van der Waals surface area (Å²) in [5, 5.41) is 10.5. The lowest BCUT2D eigenvalue weighted by Crippen LogP contribution is -2.41. The summed E-state index contributed by atoms with van der Waals surface area (Å²) in [6.07, 6.45) is 4.26. The van der Waals surface area contributed by atoms with Crippen molar-refractivity contribution in [2.24, 2.45) is 0 Å². The van der Waals surface area contributed by atoms with Gasteiger partial charge in [-0.3, -0.25) is 4.79 Å². The highest BCUT2D eigenvalue weighted by atomic mass is 32.1. The van der Waals surface area contributed by atoms with E-state index in [1.54, 1.807) is 24.5 Å². The first kappa shape index (κ1) is 15.9. The molecule has 1 aliphatic heterocycles. The van der Waals surface area contributed by atoms with Crippen molar-refractivity contribution in [3.05, 3.63) is 39.9 Å². The molecule has 2 aromatic rings. The van der Waals surface area contributed by atoms with Crippen LogP contribution in [0.1, 0.15) is 29.2 Å². The first-order chi connectivity index (χ1) is 11.2. The number of aromatic nitrogens is 3. The average Bonchev–Trinajstić information content (AvgIpc) is 3.22. The van der Waals surface area contributed by atoms with Gasteiger partial charge in [-0.05, 0) is 24.4 Å². The predicted molar refractivity (Wildman–Crippen MR) is 89.1 cm³/mol. The second-order valence-corrected chi connectivity index (χ2v) is 6.32. The second-order valence-electron chi connectivity index (χ2n) is 5.34. The van der Waals surface area contributed by atoms with Gasteiger partial charge in [-0.15, -0.1) is 16.4 Å². The number of aryl methyl sites for hydroxylation is 1. The van der Waals surface area contributed by atoms with E-state index in [1.807, 2.05) is 40.1 Å². The lowest BCUT2D eigenvalue weighted by Gasteiger charge is -2.33. The molecule has 0 N–H and O–H groups in total. The molecule has 0 bridgehead atoms. The van der Waals surface area contributed by atoms with Crippen LogP contribution >= 0.6 is 11.3 Å². The molecule has 1 aliphatic rings. The van der Waals surface area contributed by atoms with Crippen LogP contribution in [0, 0.1) is 0 Å². The van der Waals surface area contributed by atoms with Crippen LogP contribution in [0.15, 0.2) is 23.6 Å². The Balaban J connectivity index is 1.82. The number of ether oxygens (including phenoxy) is 1. The van der Waals surface area contributed by atoms with Crippen LogP contribution in [0.4, 0.5) is 0 Å². The number of thiophene rings is 1. The standard InChI is InChI=1S/C16H20N4O2S/c1-3-20-13-8-9-19(14(11-22-2)16(13)17-18-20)15(21)7-6-12-5-4-10-23-12/h4-7,10,14H,3,8-9,11H2,1-2H3/b7-6+/t14-/m0/s1. The van der Waals surface area contributed by atoms with Crippen LogP contribution in [0.25, 0.3) is 6.08 Å². The third-order valence-corrected chi connectivity index (χ3v) is 4.83. The molecule has 122 valence electrons. The number of methoxy groups -OCH3 is 1. The first-order valence-electron chi connectivity index (χ1n) is 7.68. The largest absolute Gasteiger partial charge is 0.382 e. The van der Waals surface area contributed by atoms with Gasteiger partial charge >= 0.3 is 0 Å². The normalized spacial score (nSPS) is 17.7. The minimum absolute atomic E-state index is 0.0165. The number of nitrogens with zero attached hydrogens (tertiary/aromatic N) is 4. The first-order valence-corrected chi connectivity index (χ1v) is 8.56. The summed E-state index contributed by atoms with van der Waals surface area (Å²) in [6, 6.07) is 3.78. The van der Waals surface area contributed by atoms with E-state index in [-0.39, 0.29) is 11.9 Å². The van der Waals surface area contributed by atoms with E-state index in [0.717, 1.165) is 29.2 Å². The average molecular weight is 332 g/mol. The molecule has 0 spiro atoms. The van der Waals surface area contributed by atoms with E-state index in [9.17, 15) is 4.79 Å². The van der Waals surface area contributed by atoms with Crippen molar-refractivity contribution in [3.8, 4) is 0 Å². The molecule has 0 saturated heterocycles. The Hall–Kier alpha value is -1.99. The number of fused-ring (bicyclic) bond motifs is 1. The van der Waals surface area contributed by atoms with Crippen molar-refractivity contribution in [2.75, 3.05) is 20.3 Å². The van der Waals surface area contributed by atoms with Crippen molar-refractivity contribution < 1.29 is 9.53 Å². The minimum Gasteiger partial charge on any atom is -0.382 e. The van der Waals surface area contributed by atoms with E-state index < -0.39 is 0 Å². The van der Waals surface area contributed by atoms with E-state index in [0.29, 0.717) is 13.2 Å². The van der Waals surface area contributed by atoms with Gasteiger partial charge in [0.05, 0.1) is 12.3 Å². The zero-order valence-corrected chi connectivity index (χ0v) is 14.1. The maximum absolute atomic E-state index is 12.6. The number of amides is 1. The fourth-order valence-electron chi connectivity index (χ4n) is 2.87. The number of carbonyl (C=O) groups excluding carboxylic acids is 1. The van der Waals surface area contributed by atoms with Gasteiger partial charge in [0, 0.05) is 37.6 Å². The highest BCUT2D eigenvalue weighted by molar-refractivity contribution is 7.10. The number of hydrogen-bond donors (Lipinski definition) is 0. The van der Waals surface area contributed by atoms with Crippen LogP contribution < -0.4 is 0 Å². The molecule has 0 fully saturated rings. The topological polar surface area (TPSA) is 60.2 Å². The Labute approximate surface area is 139 Å². The van der Waals surface area contributed by atoms with Crippen LogP contribution in [-0.2, 0) is 22.5 Å². The molecule has 1 atom stereocenters. The quantitative estimate of drug-likeness (QED) is 0.787. The Morgan fingerprint density at radius 2 is 2.43 bits per heavy atom. The van der Waals surface area contributed by atoms with E-state index >= 15 is 0 Å². The number of rotatable bonds is 5. The van der Waals surface area contributed by atoms with Gasteiger partial charge in [0.1, 0.15) is 11.7 Å². The summed E-state index contributed by atoms with van der Waals surface area (Å²) < 4.78 is 7.22. The van der Waals surface area contributed by atoms with Gasteiger partial charge < -0.3 is 9.64 Å². The lowest BCUT2D eigenvalue weighted by molar-refractivity contribution is -0.130. The molecular formula is C16H20N4O2S. The van der Waals surface area contributed by atoms with Crippen molar-refractivity contribution in [3.63, 3.8) is 0 Å². The highest BCUT2D eigenvalue weighted by Crippen LogP contribution is 2.28. The molecule has 3 heterocycles. The molecule has 6 nitrogen and oxygen atoms in total. The third-order valence-electron chi connectivity index (χ3n) is 3.99. The highest BCUT2D eigenvalue weighted by Gasteiger charge is 2.33. The molecule has 0 aliphatic carbocycles. The fourth-order valence-corrected chi connectivity index (χ4v) is 3.49. The van der Waals surface area contributed by atoms with E-state index in [4.69, 9.17) is 4.74 Å². The zero-order valence-electron chi connectivity index (χ0n) is 13.3. The summed E-state index contributed by atoms with van der Waals surface area (Å²) in [4.78, 5) is 15.5. The van der Waals surface area contributed by atoms with Gasteiger partial charge in [0.25, 0.3) is 0 Å². The third kappa shape index (κ3) is 3.20. The molecule has 0 radical (unpaired) electrons. The monoisotopic (exact) mass is 332 g/mol. The van der Waals surface area contributed by atoms with E-state index in [2.05, 4.69) is 10.3 Å². The van der Waals surface area contributed by atoms with Crippen LogP contribution in [0.5, 0.6) is 0 Å². The van der Waals surface area contributed by atoms with Crippen molar-refractivity contribution in [1.29, 1.82) is 0 Å². The Bertz CT molecular complexity index is 693. The predicted octanol–water partition coefficient (Wildman–Crippen LogP) is 2.15. The Kier molecular flexibility index (Phi) is 4.88. The maximum atomic E-state index is 12.6. The minimum atomic E-state index is -0.176. The van der Waals surface area contributed by atoms with Gasteiger partial charge in [-0.1, -0.05) is 11.3 Å². The number of hydrogen-bond acceptors (Lipinski definition) is 5.